The Morgan fingerprint density at radius 2 is 2.12 bits per heavy atom. The normalized spacial score (nSPS) is 11.1. The van der Waals surface area contributed by atoms with Crippen LogP contribution in [0.3, 0.4) is 0 Å². The molecule has 0 heterocycles. The minimum Gasteiger partial charge on any atom is -0.316 e. The van der Waals surface area contributed by atoms with E-state index in [0.29, 0.717) is 0 Å². The molecule has 0 radical (unpaired) electrons. The molecular formula is C13H24N2S. The van der Waals surface area contributed by atoms with Gasteiger partial charge in [-0.2, -0.15) is 17.0 Å². The Bertz CT molecular complexity index is 218. The number of hydrogen-bond donors (Lipinski definition) is 1. The van der Waals surface area contributed by atoms with Crippen molar-refractivity contribution in [3.8, 4) is 6.07 Å². The van der Waals surface area contributed by atoms with Crippen LogP contribution >= 0.6 is 11.8 Å². The zero-order chi connectivity index (χ0) is 12.3. The summed E-state index contributed by atoms with van der Waals surface area (Å²) in [5, 5.41) is 12.3. The van der Waals surface area contributed by atoms with E-state index < -0.39 is 0 Å². The topological polar surface area (TPSA) is 35.8 Å². The van der Waals surface area contributed by atoms with E-state index in [4.69, 9.17) is 5.26 Å². The molecule has 0 saturated heterocycles. The Kier molecular flexibility index (Phi) is 9.46. The fraction of sp³-hybridized carbons (Fsp3) is 0.769. The predicted octanol–water partition coefficient (Wildman–Crippen LogP) is 3.22. The Balaban J connectivity index is 3.16. The van der Waals surface area contributed by atoms with E-state index in [0.717, 1.165) is 43.9 Å². The second kappa shape index (κ2) is 9.74. The fourth-order valence-corrected chi connectivity index (χ4v) is 1.93. The quantitative estimate of drug-likeness (QED) is 0.470. The number of thioether (sulfide) groups is 1. The van der Waals surface area contributed by atoms with Crippen LogP contribution in [0.2, 0.25) is 0 Å². The van der Waals surface area contributed by atoms with Crippen molar-refractivity contribution in [1.29, 1.82) is 5.26 Å². The van der Waals surface area contributed by atoms with Gasteiger partial charge in [0, 0.05) is 18.1 Å². The van der Waals surface area contributed by atoms with Crippen molar-refractivity contribution in [3.05, 3.63) is 12.7 Å². The molecule has 0 aliphatic rings. The summed E-state index contributed by atoms with van der Waals surface area (Å²) in [6, 6.07) is 2.33. The van der Waals surface area contributed by atoms with Crippen molar-refractivity contribution in [3.63, 3.8) is 0 Å². The summed E-state index contributed by atoms with van der Waals surface area (Å²) in [6.07, 6.45) is 5.23. The van der Waals surface area contributed by atoms with E-state index in [9.17, 15) is 0 Å². The number of hydrogen-bond acceptors (Lipinski definition) is 3. The molecule has 0 bridgehead atoms. The molecule has 0 unspecified atom stereocenters. The van der Waals surface area contributed by atoms with Gasteiger partial charge < -0.3 is 5.32 Å². The lowest BCUT2D eigenvalue weighted by Crippen LogP contribution is -2.19. The minimum absolute atomic E-state index is 0.153. The third-order valence-electron chi connectivity index (χ3n) is 2.37. The largest absolute Gasteiger partial charge is 0.316 e. The summed E-state index contributed by atoms with van der Waals surface area (Å²) < 4.78 is 0. The van der Waals surface area contributed by atoms with Crippen LogP contribution in [0.1, 0.15) is 33.1 Å². The number of nitrogens with one attached hydrogen (secondary N) is 1. The van der Waals surface area contributed by atoms with E-state index in [2.05, 4.69) is 18.0 Å². The molecule has 0 amide bonds. The van der Waals surface area contributed by atoms with Gasteiger partial charge in [0.25, 0.3) is 0 Å². The summed E-state index contributed by atoms with van der Waals surface area (Å²) in [5.41, 5.74) is -0.153. The van der Waals surface area contributed by atoms with Gasteiger partial charge in [-0.25, -0.2) is 0 Å². The van der Waals surface area contributed by atoms with Crippen molar-refractivity contribution in [2.75, 3.05) is 24.6 Å². The highest BCUT2D eigenvalue weighted by atomic mass is 32.2. The molecule has 0 aromatic rings. The molecule has 1 N–H and O–H groups in total. The highest BCUT2D eigenvalue weighted by Gasteiger charge is 2.14. The van der Waals surface area contributed by atoms with E-state index in [1.165, 1.54) is 0 Å². The fourth-order valence-electron chi connectivity index (χ4n) is 1.31. The second-order valence-electron chi connectivity index (χ2n) is 4.57. The smallest absolute Gasteiger partial charge is 0.0683 e. The number of rotatable bonds is 10. The lowest BCUT2D eigenvalue weighted by Gasteiger charge is -2.14. The van der Waals surface area contributed by atoms with Gasteiger partial charge in [-0.3, -0.25) is 0 Å². The van der Waals surface area contributed by atoms with Gasteiger partial charge in [-0.15, -0.1) is 6.58 Å². The van der Waals surface area contributed by atoms with Gasteiger partial charge in [-0.1, -0.05) is 12.5 Å². The van der Waals surface area contributed by atoms with Gasteiger partial charge in [0.1, 0.15) is 0 Å². The molecule has 3 heteroatoms. The third kappa shape index (κ3) is 10.1. The maximum absolute atomic E-state index is 8.84. The summed E-state index contributed by atoms with van der Waals surface area (Å²) in [4.78, 5) is 0. The summed E-state index contributed by atoms with van der Waals surface area (Å²) in [6.45, 7) is 9.83. The number of nitriles is 1. The summed E-state index contributed by atoms with van der Waals surface area (Å²) in [7, 11) is 0. The SMILES string of the molecule is C=CCSCCNCCCCC(C)(C)C#N. The first-order valence-electron chi connectivity index (χ1n) is 5.93. The lowest BCUT2D eigenvalue weighted by molar-refractivity contribution is 0.423. The van der Waals surface area contributed by atoms with Gasteiger partial charge in [0.05, 0.1) is 11.5 Å². The van der Waals surface area contributed by atoms with E-state index in [1.54, 1.807) is 0 Å². The summed E-state index contributed by atoms with van der Waals surface area (Å²) in [5.74, 6) is 2.19. The Hall–Kier alpha value is -0.460. The van der Waals surface area contributed by atoms with Crippen molar-refractivity contribution in [2.24, 2.45) is 5.41 Å². The highest BCUT2D eigenvalue weighted by Crippen LogP contribution is 2.21. The van der Waals surface area contributed by atoms with E-state index >= 15 is 0 Å². The van der Waals surface area contributed by atoms with Crippen LogP contribution < -0.4 is 5.32 Å². The van der Waals surface area contributed by atoms with Crippen molar-refractivity contribution in [2.45, 2.75) is 33.1 Å². The first-order chi connectivity index (χ1) is 7.62. The van der Waals surface area contributed by atoms with Crippen LogP contribution in [0.15, 0.2) is 12.7 Å². The highest BCUT2D eigenvalue weighted by molar-refractivity contribution is 7.99. The molecule has 2 nitrogen and oxygen atoms in total. The van der Waals surface area contributed by atoms with Crippen LogP contribution in [0.4, 0.5) is 0 Å². The zero-order valence-corrected chi connectivity index (χ0v) is 11.4. The van der Waals surface area contributed by atoms with Crippen LogP contribution in [0, 0.1) is 16.7 Å². The van der Waals surface area contributed by atoms with Crippen molar-refractivity contribution < 1.29 is 0 Å². The number of unbranched alkanes of at least 4 members (excludes halogenated alkanes) is 1. The molecule has 0 aliphatic heterocycles. The Morgan fingerprint density at radius 1 is 1.38 bits per heavy atom. The molecule has 92 valence electrons. The lowest BCUT2D eigenvalue weighted by atomic mass is 9.89. The molecule has 0 aromatic heterocycles. The number of nitrogens with zero attached hydrogens (tertiary/aromatic N) is 1. The van der Waals surface area contributed by atoms with Crippen LogP contribution in [0.25, 0.3) is 0 Å². The third-order valence-corrected chi connectivity index (χ3v) is 3.33. The standard InChI is InChI=1S/C13H24N2S/c1-4-10-16-11-9-15-8-6-5-7-13(2,3)12-14/h4,15H,1,5-11H2,2-3H3. The molecule has 0 aliphatic carbocycles. The molecule has 0 aromatic carbocycles. The minimum atomic E-state index is -0.153. The average molecular weight is 240 g/mol. The monoisotopic (exact) mass is 240 g/mol. The Morgan fingerprint density at radius 3 is 2.75 bits per heavy atom. The maximum Gasteiger partial charge on any atom is 0.0683 e. The second-order valence-corrected chi connectivity index (χ2v) is 5.72. The molecular weight excluding hydrogens is 216 g/mol. The average Bonchev–Trinajstić information content (AvgIpc) is 2.27. The Labute approximate surface area is 104 Å². The predicted molar refractivity (Wildman–Crippen MR) is 73.6 cm³/mol. The zero-order valence-electron chi connectivity index (χ0n) is 10.6. The van der Waals surface area contributed by atoms with Crippen LogP contribution in [-0.4, -0.2) is 24.6 Å². The van der Waals surface area contributed by atoms with Crippen molar-refractivity contribution >= 4 is 11.8 Å². The first kappa shape index (κ1) is 15.5. The molecule has 0 rings (SSSR count). The molecule has 0 atom stereocenters. The van der Waals surface area contributed by atoms with Gasteiger partial charge in [0.15, 0.2) is 0 Å². The van der Waals surface area contributed by atoms with Crippen molar-refractivity contribution in [1.82, 2.24) is 5.32 Å². The van der Waals surface area contributed by atoms with Gasteiger partial charge in [0.2, 0.25) is 0 Å². The molecule has 16 heavy (non-hydrogen) atoms. The maximum atomic E-state index is 8.84. The first-order valence-corrected chi connectivity index (χ1v) is 7.08. The molecule has 0 saturated carbocycles. The van der Waals surface area contributed by atoms with E-state index in [-0.39, 0.29) is 5.41 Å². The van der Waals surface area contributed by atoms with Gasteiger partial charge in [-0.05, 0) is 33.2 Å². The van der Waals surface area contributed by atoms with E-state index in [1.807, 2.05) is 31.7 Å². The summed E-state index contributed by atoms with van der Waals surface area (Å²) >= 11 is 1.90. The van der Waals surface area contributed by atoms with Gasteiger partial charge >= 0.3 is 0 Å². The molecule has 0 fully saturated rings. The van der Waals surface area contributed by atoms with Crippen LogP contribution in [-0.2, 0) is 0 Å². The van der Waals surface area contributed by atoms with Crippen LogP contribution in [0.5, 0.6) is 0 Å². The molecule has 0 spiro atoms.